The molecule has 0 radical (unpaired) electrons. The van der Waals surface area contributed by atoms with E-state index in [2.05, 4.69) is 13.8 Å². The maximum absolute atomic E-state index is 13.0. The molecule has 0 aromatic heterocycles. The highest BCUT2D eigenvalue weighted by Crippen LogP contribution is 2.15. The zero-order valence-electron chi connectivity index (χ0n) is 10.8. The Morgan fingerprint density at radius 1 is 1.18 bits per heavy atom. The van der Waals surface area contributed by atoms with Crippen LogP contribution in [0.3, 0.4) is 0 Å². The van der Waals surface area contributed by atoms with Gasteiger partial charge in [0.05, 0.1) is 6.61 Å². The number of hydrogen-bond acceptors (Lipinski definition) is 2. The minimum Gasteiger partial charge on any atom is -0.491 e. The highest BCUT2D eigenvalue weighted by molar-refractivity contribution is 5.28. The van der Waals surface area contributed by atoms with Crippen molar-refractivity contribution in [1.82, 2.24) is 0 Å². The maximum Gasteiger partial charge on any atom is 0.126 e. The van der Waals surface area contributed by atoms with Crippen LogP contribution in [0.4, 0.5) is 4.39 Å². The molecule has 0 atom stereocenters. The normalized spacial score (nSPS) is 10.9. The third-order valence-electron chi connectivity index (χ3n) is 2.47. The quantitative estimate of drug-likeness (QED) is 0.678. The second-order valence-corrected chi connectivity index (χ2v) is 4.55. The lowest BCUT2D eigenvalue weighted by atomic mass is 10.1. The van der Waals surface area contributed by atoms with E-state index in [1.54, 1.807) is 19.1 Å². The zero-order valence-corrected chi connectivity index (χ0v) is 10.8. The lowest BCUT2D eigenvalue weighted by Crippen LogP contribution is -2.08. The Bertz CT molecular complexity index is 337. The van der Waals surface area contributed by atoms with E-state index in [0.717, 1.165) is 13.0 Å². The van der Waals surface area contributed by atoms with E-state index < -0.39 is 0 Å². The van der Waals surface area contributed by atoms with Gasteiger partial charge in [0, 0.05) is 6.61 Å². The first kappa shape index (κ1) is 14.0. The van der Waals surface area contributed by atoms with Crippen molar-refractivity contribution in [3.63, 3.8) is 0 Å². The van der Waals surface area contributed by atoms with Crippen molar-refractivity contribution in [2.24, 2.45) is 5.92 Å². The summed E-state index contributed by atoms with van der Waals surface area (Å²) in [6.07, 6.45) is 1.07. The van der Waals surface area contributed by atoms with Crippen molar-refractivity contribution in [1.29, 1.82) is 0 Å². The van der Waals surface area contributed by atoms with E-state index in [4.69, 9.17) is 9.47 Å². The van der Waals surface area contributed by atoms with Crippen molar-refractivity contribution in [3.8, 4) is 5.75 Å². The largest absolute Gasteiger partial charge is 0.491 e. The molecule has 1 aromatic carbocycles. The Hall–Kier alpha value is -1.09. The number of hydrogen-bond donors (Lipinski definition) is 0. The summed E-state index contributed by atoms with van der Waals surface area (Å²) in [5.41, 5.74) is 0.600. The average Bonchev–Trinajstić information content (AvgIpc) is 2.27. The summed E-state index contributed by atoms with van der Waals surface area (Å²) in [5.74, 6) is 1.15. The van der Waals surface area contributed by atoms with Crippen molar-refractivity contribution >= 4 is 0 Å². The molecule has 3 heteroatoms. The molecule has 96 valence electrons. The van der Waals surface area contributed by atoms with Gasteiger partial charge in [-0.1, -0.05) is 13.8 Å². The van der Waals surface area contributed by atoms with Gasteiger partial charge in [-0.05, 0) is 43.0 Å². The number of halogens is 1. The summed E-state index contributed by atoms with van der Waals surface area (Å²) < 4.78 is 23.9. The second kappa shape index (κ2) is 7.28. The predicted molar refractivity (Wildman–Crippen MR) is 66.9 cm³/mol. The SMILES string of the molecule is Cc1cc(OCCOCCC(C)C)ccc1F. The lowest BCUT2D eigenvalue weighted by Gasteiger charge is -2.09. The van der Waals surface area contributed by atoms with E-state index in [9.17, 15) is 4.39 Å². The molecule has 1 rings (SSSR count). The standard InChI is InChI=1S/C14H21FO2/c1-11(2)6-7-16-8-9-17-13-4-5-14(15)12(3)10-13/h4-5,10-11H,6-9H2,1-3H3. The Kier molecular flexibility index (Phi) is 5.98. The molecule has 0 bridgehead atoms. The molecule has 0 heterocycles. The summed E-state index contributed by atoms with van der Waals surface area (Å²) in [7, 11) is 0. The first-order chi connectivity index (χ1) is 8.09. The van der Waals surface area contributed by atoms with Crippen LogP contribution in [0, 0.1) is 18.7 Å². The van der Waals surface area contributed by atoms with E-state index in [-0.39, 0.29) is 5.82 Å². The Balaban J connectivity index is 2.16. The van der Waals surface area contributed by atoms with E-state index in [1.165, 1.54) is 6.07 Å². The van der Waals surface area contributed by atoms with Crippen LogP contribution in [0.5, 0.6) is 5.75 Å². The number of aryl methyl sites for hydroxylation is 1. The summed E-state index contributed by atoms with van der Waals surface area (Å²) >= 11 is 0. The molecule has 0 aliphatic heterocycles. The average molecular weight is 240 g/mol. The lowest BCUT2D eigenvalue weighted by molar-refractivity contribution is 0.0925. The number of benzene rings is 1. The molecule has 1 aromatic rings. The molecule has 0 aliphatic rings. The summed E-state index contributed by atoms with van der Waals surface area (Å²) in [4.78, 5) is 0. The first-order valence-corrected chi connectivity index (χ1v) is 6.06. The van der Waals surface area contributed by atoms with Gasteiger partial charge in [0.2, 0.25) is 0 Å². The van der Waals surface area contributed by atoms with Gasteiger partial charge in [0.25, 0.3) is 0 Å². The second-order valence-electron chi connectivity index (χ2n) is 4.55. The fourth-order valence-electron chi connectivity index (χ4n) is 1.35. The van der Waals surface area contributed by atoms with Crippen LogP contribution >= 0.6 is 0 Å². The monoisotopic (exact) mass is 240 g/mol. The van der Waals surface area contributed by atoms with Crippen LogP contribution in [0.25, 0.3) is 0 Å². The van der Waals surface area contributed by atoms with E-state index >= 15 is 0 Å². The molecule has 0 saturated heterocycles. The van der Waals surface area contributed by atoms with Gasteiger partial charge in [0.1, 0.15) is 18.2 Å². The van der Waals surface area contributed by atoms with E-state index in [0.29, 0.717) is 30.4 Å². The zero-order chi connectivity index (χ0) is 12.7. The molecule has 2 nitrogen and oxygen atoms in total. The van der Waals surface area contributed by atoms with Crippen molar-refractivity contribution < 1.29 is 13.9 Å². The molecule has 0 N–H and O–H groups in total. The number of ether oxygens (including phenoxy) is 2. The maximum atomic E-state index is 13.0. The predicted octanol–water partition coefficient (Wildman–Crippen LogP) is 3.58. The van der Waals surface area contributed by atoms with E-state index in [1.807, 2.05) is 0 Å². The van der Waals surface area contributed by atoms with Gasteiger partial charge in [0.15, 0.2) is 0 Å². The highest BCUT2D eigenvalue weighted by Gasteiger charge is 2.00. The fourth-order valence-corrected chi connectivity index (χ4v) is 1.35. The molecule has 0 spiro atoms. The third-order valence-corrected chi connectivity index (χ3v) is 2.47. The molecular formula is C14H21FO2. The van der Waals surface area contributed by atoms with Crippen LogP contribution in [-0.4, -0.2) is 19.8 Å². The molecule has 0 fully saturated rings. The number of rotatable bonds is 7. The Morgan fingerprint density at radius 3 is 2.59 bits per heavy atom. The highest BCUT2D eigenvalue weighted by atomic mass is 19.1. The Labute approximate surface area is 103 Å². The molecule has 0 amide bonds. The molecule has 17 heavy (non-hydrogen) atoms. The van der Waals surface area contributed by atoms with Gasteiger partial charge < -0.3 is 9.47 Å². The summed E-state index contributed by atoms with van der Waals surface area (Å²) in [6.45, 7) is 7.90. The van der Waals surface area contributed by atoms with Gasteiger partial charge in [-0.3, -0.25) is 0 Å². The molecular weight excluding hydrogens is 219 g/mol. The van der Waals surface area contributed by atoms with Gasteiger partial charge in [-0.25, -0.2) is 4.39 Å². The van der Waals surface area contributed by atoms with Crippen molar-refractivity contribution in [3.05, 3.63) is 29.6 Å². The molecule has 0 saturated carbocycles. The van der Waals surface area contributed by atoms with Crippen LogP contribution in [0.1, 0.15) is 25.8 Å². The van der Waals surface area contributed by atoms with Crippen molar-refractivity contribution in [2.45, 2.75) is 27.2 Å². The molecule has 0 aliphatic carbocycles. The smallest absolute Gasteiger partial charge is 0.126 e. The summed E-state index contributed by atoms with van der Waals surface area (Å²) in [6, 6.07) is 4.75. The minimum atomic E-state index is -0.203. The van der Waals surface area contributed by atoms with Gasteiger partial charge >= 0.3 is 0 Å². The molecule has 0 unspecified atom stereocenters. The van der Waals surface area contributed by atoms with Crippen LogP contribution < -0.4 is 4.74 Å². The van der Waals surface area contributed by atoms with Crippen LogP contribution in [0.15, 0.2) is 18.2 Å². The van der Waals surface area contributed by atoms with Gasteiger partial charge in [-0.15, -0.1) is 0 Å². The topological polar surface area (TPSA) is 18.5 Å². The first-order valence-electron chi connectivity index (χ1n) is 6.06. The fraction of sp³-hybridized carbons (Fsp3) is 0.571. The van der Waals surface area contributed by atoms with Gasteiger partial charge in [-0.2, -0.15) is 0 Å². The van der Waals surface area contributed by atoms with Crippen LogP contribution in [0.2, 0.25) is 0 Å². The van der Waals surface area contributed by atoms with Crippen molar-refractivity contribution in [2.75, 3.05) is 19.8 Å². The summed E-state index contributed by atoms with van der Waals surface area (Å²) in [5, 5.41) is 0. The third kappa shape index (κ3) is 5.68. The Morgan fingerprint density at radius 2 is 1.94 bits per heavy atom. The minimum absolute atomic E-state index is 0.203. The van der Waals surface area contributed by atoms with Crippen LogP contribution in [-0.2, 0) is 4.74 Å².